The molecule has 1 aromatic rings. The normalized spacial score (nSPS) is 12.5. The molecule has 0 aliphatic heterocycles. The lowest BCUT2D eigenvalue weighted by Crippen LogP contribution is -2.33. The first kappa shape index (κ1) is 14.0. The molecule has 0 bridgehead atoms. The zero-order valence-electron chi connectivity index (χ0n) is 11.1. The molecule has 2 N–H and O–H groups in total. The average Bonchev–Trinajstić information content (AvgIpc) is 2.34. The summed E-state index contributed by atoms with van der Waals surface area (Å²) < 4.78 is 5.34. The van der Waals surface area contributed by atoms with Gasteiger partial charge in [0.2, 0.25) is 0 Å². The Morgan fingerprint density at radius 1 is 1.41 bits per heavy atom. The second-order valence-corrected chi connectivity index (χ2v) is 4.47. The highest BCUT2D eigenvalue weighted by atomic mass is 16.5. The third kappa shape index (κ3) is 4.75. The van der Waals surface area contributed by atoms with Gasteiger partial charge in [0.25, 0.3) is 0 Å². The first-order valence-electron chi connectivity index (χ1n) is 6.22. The lowest BCUT2D eigenvalue weighted by atomic mass is 10.2. The lowest BCUT2D eigenvalue weighted by Gasteiger charge is -2.27. The van der Waals surface area contributed by atoms with Crippen LogP contribution in [0, 0.1) is 6.92 Å². The Labute approximate surface area is 105 Å². The summed E-state index contributed by atoms with van der Waals surface area (Å²) in [6, 6.07) is 8.56. The Kier molecular flexibility index (Phi) is 6.01. The van der Waals surface area contributed by atoms with Crippen LogP contribution in [-0.2, 0) is 4.74 Å². The minimum Gasteiger partial charge on any atom is -0.380 e. The van der Waals surface area contributed by atoms with E-state index in [0.29, 0.717) is 0 Å². The first-order valence-corrected chi connectivity index (χ1v) is 6.22. The summed E-state index contributed by atoms with van der Waals surface area (Å²) in [7, 11) is 1.75. The van der Waals surface area contributed by atoms with Crippen molar-refractivity contribution < 1.29 is 4.74 Å². The summed E-state index contributed by atoms with van der Waals surface area (Å²) in [5.41, 5.74) is 8.13. The third-order valence-corrected chi connectivity index (χ3v) is 2.88. The molecule has 96 valence electrons. The van der Waals surface area contributed by atoms with Crippen LogP contribution in [-0.4, -0.2) is 32.8 Å². The molecule has 1 rings (SSSR count). The number of nitrogens with two attached hydrogens (primary N) is 1. The van der Waals surface area contributed by atoms with Gasteiger partial charge in [-0.2, -0.15) is 0 Å². The molecule has 3 heteroatoms. The molecule has 0 spiro atoms. The average molecular weight is 236 g/mol. The Balaban J connectivity index is 2.74. The van der Waals surface area contributed by atoms with Gasteiger partial charge >= 0.3 is 0 Å². The van der Waals surface area contributed by atoms with Crippen molar-refractivity contribution in [1.82, 2.24) is 0 Å². The number of methoxy groups -OCH3 is 1. The van der Waals surface area contributed by atoms with Crippen molar-refractivity contribution in [3.05, 3.63) is 29.8 Å². The van der Waals surface area contributed by atoms with Gasteiger partial charge in [-0.15, -0.1) is 0 Å². The molecule has 0 fully saturated rings. The highest BCUT2D eigenvalue weighted by molar-refractivity contribution is 5.48. The van der Waals surface area contributed by atoms with Gasteiger partial charge in [0.1, 0.15) is 0 Å². The number of ether oxygens (including phenoxy) is 1. The van der Waals surface area contributed by atoms with E-state index in [1.165, 1.54) is 11.3 Å². The Morgan fingerprint density at radius 3 is 2.76 bits per heavy atom. The Morgan fingerprint density at radius 2 is 2.18 bits per heavy atom. The second kappa shape index (κ2) is 7.30. The fraction of sp³-hybridized carbons (Fsp3) is 0.571. The SMILES string of the molecule is COC(C)CN(CCCN)c1cccc(C)c1. The predicted octanol–water partition coefficient (Wildman–Crippen LogP) is 2.19. The summed E-state index contributed by atoms with van der Waals surface area (Å²) in [5, 5.41) is 0. The van der Waals surface area contributed by atoms with Gasteiger partial charge in [0, 0.05) is 25.9 Å². The van der Waals surface area contributed by atoms with E-state index in [9.17, 15) is 0 Å². The number of benzene rings is 1. The van der Waals surface area contributed by atoms with Gasteiger partial charge in [-0.1, -0.05) is 12.1 Å². The lowest BCUT2D eigenvalue weighted by molar-refractivity contribution is 0.123. The minimum absolute atomic E-state index is 0.230. The molecule has 17 heavy (non-hydrogen) atoms. The molecule has 0 heterocycles. The number of hydrogen-bond donors (Lipinski definition) is 1. The van der Waals surface area contributed by atoms with Crippen LogP contribution in [0.3, 0.4) is 0 Å². The maximum Gasteiger partial charge on any atom is 0.0718 e. The molecule has 1 aromatic carbocycles. The summed E-state index contributed by atoms with van der Waals surface area (Å²) in [6.07, 6.45) is 1.23. The van der Waals surface area contributed by atoms with Crippen LogP contribution in [0.1, 0.15) is 18.9 Å². The quantitative estimate of drug-likeness (QED) is 0.788. The molecule has 1 atom stereocenters. The smallest absolute Gasteiger partial charge is 0.0718 e. The summed E-state index contributed by atoms with van der Waals surface area (Å²) >= 11 is 0. The van der Waals surface area contributed by atoms with Gasteiger partial charge < -0.3 is 15.4 Å². The highest BCUT2D eigenvalue weighted by Gasteiger charge is 2.10. The zero-order chi connectivity index (χ0) is 12.7. The van der Waals surface area contributed by atoms with Gasteiger partial charge in [-0.3, -0.25) is 0 Å². The van der Waals surface area contributed by atoms with Crippen LogP contribution in [0.25, 0.3) is 0 Å². The molecule has 0 aliphatic rings. The van der Waals surface area contributed by atoms with E-state index >= 15 is 0 Å². The van der Waals surface area contributed by atoms with Crippen LogP contribution >= 0.6 is 0 Å². The van der Waals surface area contributed by atoms with E-state index < -0.39 is 0 Å². The summed E-state index contributed by atoms with van der Waals surface area (Å²) in [5.74, 6) is 0. The van der Waals surface area contributed by atoms with Crippen LogP contribution in [0.4, 0.5) is 5.69 Å². The highest BCUT2D eigenvalue weighted by Crippen LogP contribution is 2.16. The second-order valence-electron chi connectivity index (χ2n) is 4.47. The molecule has 0 saturated heterocycles. The fourth-order valence-corrected chi connectivity index (χ4v) is 1.82. The number of rotatable bonds is 7. The number of nitrogens with zero attached hydrogens (tertiary/aromatic N) is 1. The van der Waals surface area contributed by atoms with Crippen molar-refractivity contribution in [1.29, 1.82) is 0 Å². The maximum atomic E-state index is 5.59. The predicted molar refractivity (Wildman–Crippen MR) is 73.5 cm³/mol. The monoisotopic (exact) mass is 236 g/mol. The molecule has 0 aromatic heterocycles. The summed E-state index contributed by atoms with van der Waals surface area (Å²) in [4.78, 5) is 2.34. The van der Waals surface area contributed by atoms with E-state index in [-0.39, 0.29) is 6.10 Å². The topological polar surface area (TPSA) is 38.5 Å². The molecule has 1 unspecified atom stereocenters. The van der Waals surface area contributed by atoms with Crippen molar-refractivity contribution in [3.63, 3.8) is 0 Å². The fourth-order valence-electron chi connectivity index (χ4n) is 1.82. The zero-order valence-corrected chi connectivity index (χ0v) is 11.1. The van der Waals surface area contributed by atoms with Crippen molar-refractivity contribution in [3.8, 4) is 0 Å². The van der Waals surface area contributed by atoms with Crippen molar-refractivity contribution in [2.75, 3.05) is 31.6 Å². The van der Waals surface area contributed by atoms with Gasteiger partial charge in [-0.05, 0) is 44.5 Å². The van der Waals surface area contributed by atoms with Crippen molar-refractivity contribution in [2.24, 2.45) is 5.73 Å². The van der Waals surface area contributed by atoms with Crippen LogP contribution in [0.15, 0.2) is 24.3 Å². The molecule has 0 saturated carbocycles. The van der Waals surface area contributed by atoms with Gasteiger partial charge in [0.15, 0.2) is 0 Å². The first-order chi connectivity index (χ1) is 8.17. The van der Waals surface area contributed by atoms with Crippen LogP contribution in [0.2, 0.25) is 0 Å². The van der Waals surface area contributed by atoms with E-state index in [0.717, 1.165) is 26.1 Å². The van der Waals surface area contributed by atoms with Gasteiger partial charge in [0.05, 0.1) is 6.10 Å². The largest absolute Gasteiger partial charge is 0.380 e. The maximum absolute atomic E-state index is 5.59. The third-order valence-electron chi connectivity index (χ3n) is 2.88. The van der Waals surface area contributed by atoms with Crippen LogP contribution in [0.5, 0.6) is 0 Å². The number of aryl methyl sites for hydroxylation is 1. The van der Waals surface area contributed by atoms with Crippen LogP contribution < -0.4 is 10.6 Å². The van der Waals surface area contributed by atoms with E-state index in [4.69, 9.17) is 10.5 Å². The molecule has 0 amide bonds. The molecular weight excluding hydrogens is 212 g/mol. The van der Waals surface area contributed by atoms with Crippen molar-refractivity contribution in [2.45, 2.75) is 26.4 Å². The molecule has 0 radical (unpaired) electrons. The summed E-state index contributed by atoms with van der Waals surface area (Å²) in [6.45, 7) is 6.81. The van der Waals surface area contributed by atoms with E-state index in [1.54, 1.807) is 7.11 Å². The number of anilines is 1. The Hall–Kier alpha value is -1.06. The molecular formula is C14H24N2O. The van der Waals surface area contributed by atoms with Gasteiger partial charge in [-0.25, -0.2) is 0 Å². The van der Waals surface area contributed by atoms with E-state index in [1.807, 2.05) is 0 Å². The molecule has 0 aliphatic carbocycles. The minimum atomic E-state index is 0.230. The standard InChI is InChI=1S/C14H24N2O/c1-12-6-4-7-14(10-12)16(9-5-8-15)11-13(2)17-3/h4,6-7,10,13H,5,8-9,11,15H2,1-3H3. The molecule has 3 nitrogen and oxygen atoms in total. The van der Waals surface area contributed by atoms with E-state index in [2.05, 4.69) is 43.0 Å². The van der Waals surface area contributed by atoms with Crippen molar-refractivity contribution >= 4 is 5.69 Å². The number of hydrogen-bond acceptors (Lipinski definition) is 3. The Bertz CT molecular complexity index is 328.